The van der Waals surface area contributed by atoms with E-state index in [0.717, 1.165) is 4.90 Å². The van der Waals surface area contributed by atoms with Crippen molar-refractivity contribution >= 4 is 17.9 Å². The Hall–Kier alpha value is -2.53. The van der Waals surface area contributed by atoms with E-state index in [-0.39, 0.29) is 13.2 Å². The van der Waals surface area contributed by atoms with E-state index in [2.05, 4.69) is 5.32 Å². The maximum absolute atomic E-state index is 13.2. The third kappa shape index (κ3) is 3.61. The zero-order valence-corrected chi connectivity index (χ0v) is 19.2. The number of hydrogen-bond acceptors (Lipinski definition) is 8. The third-order valence-corrected chi connectivity index (χ3v) is 6.16. The number of benzene rings is 1. The number of carbonyl (C=O) groups is 3. The molecule has 0 saturated carbocycles. The molecule has 3 amide bonds. The summed E-state index contributed by atoms with van der Waals surface area (Å²) in [5.74, 6) is -1.84. The van der Waals surface area contributed by atoms with Crippen LogP contribution in [0.25, 0.3) is 0 Å². The van der Waals surface area contributed by atoms with Gasteiger partial charge in [0.25, 0.3) is 11.8 Å². The van der Waals surface area contributed by atoms with E-state index in [1.165, 1.54) is 0 Å². The molecule has 0 aliphatic carbocycles. The van der Waals surface area contributed by atoms with E-state index >= 15 is 0 Å². The van der Waals surface area contributed by atoms with Crippen LogP contribution >= 0.6 is 0 Å². The van der Waals surface area contributed by atoms with Crippen molar-refractivity contribution in [1.29, 1.82) is 0 Å². The highest BCUT2D eigenvalue weighted by Gasteiger charge is 2.68. The van der Waals surface area contributed by atoms with Crippen LogP contribution in [0.15, 0.2) is 24.3 Å². The molecule has 4 aliphatic heterocycles. The zero-order valence-electron chi connectivity index (χ0n) is 19.2. The molecule has 4 heterocycles. The van der Waals surface area contributed by atoms with E-state index < -0.39 is 59.4 Å². The Kier molecular flexibility index (Phi) is 4.88. The van der Waals surface area contributed by atoms with Crippen molar-refractivity contribution in [2.75, 3.05) is 13.2 Å². The predicted molar refractivity (Wildman–Crippen MR) is 112 cm³/mol. The summed E-state index contributed by atoms with van der Waals surface area (Å²) in [6.45, 7) is 8.98. The Morgan fingerprint density at radius 1 is 1.12 bits per heavy atom. The zero-order chi connectivity index (χ0) is 23.8. The van der Waals surface area contributed by atoms with Crippen LogP contribution in [0.2, 0.25) is 0 Å². The van der Waals surface area contributed by atoms with Gasteiger partial charge < -0.3 is 29.0 Å². The van der Waals surface area contributed by atoms with E-state index in [0.29, 0.717) is 11.1 Å². The van der Waals surface area contributed by atoms with Gasteiger partial charge in [-0.05, 0) is 46.8 Å². The Balaban J connectivity index is 1.43. The highest BCUT2D eigenvalue weighted by atomic mass is 16.8. The van der Waals surface area contributed by atoms with E-state index in [9.17, 15) is 14.4 Å². The summed E-state index contributed by atoms with van der Waals surface area (Å²) in [7, 11) is 0. The molecule has 2 unspecified atom stereocenters. The van der Waals surface area contributed by atoms with Gasteiger partial charge in [0.05, 0.1) is 24.3 Å². The molecule has 3 fully saturated rings. The predicted octanol–water partition coefficient (Wildman–Crippen LogP) is 1.82. The van der Waals surface area contributed by atoms with Crippen molar-refractivity contribution in [1.82, 2.24) is 10.2 Å². The quantitative estimate of drug-likeness (QED) is 0.680. The largest absolute Gasteiger partial charge is 0.444 e. The summed E-state index contributed by atoms with van der Waals surface area (Å²) >= 11 is 0. The Labute approximate surface area is 191 Å². The van der Waals surface area contributed by atoms with Gasteiger partial charge in [-0.3, -0.25) is 14.5 Å². The summed E-state index contributed by atoms with van der Waals surface area (Å²) < 4.78 is 29.9. The monoisotopic (exact) mass is 460 g/mol. The SMILES string of the molecule is CC(C)(C)OC(=O)NC[C@@]12COC(O1)C(N1C(=O)c3ccccc3C1=O)[C@H]1OC(C)(C)O[C@H]12. The Bertz CT molecular complexity index is 983. The van der Waals surface area contributed by atoms with Gasteiger partial charge in [-0.2, -0.15) is 0 Å². The molecular weight excluding hydrogens is 432 g/mol. The van der Waals surface area contributed by atoms with Gasteiger partial charge in [0, 0.05) is 0 Å². The fourth-order valence-electron chi connectivity index (χ4n) is 4.92. The van der Waals surface area contributed by atoms with Crippen LogP contribution in [0.5, 0.6) is 0 Å². The van der Waals surface area contributed by atoms with Gasteiger partial charge >= 0.3 is 6.09 Å². The molecule has 4 aliphatic rings. The maximum atomic E-state index is 13.2. The number of imide groups is 1. The number of amides is 3. The van der Waals surface area contributed by atoms with Crippen LogP contribution in [-0.4, -0.2) is 77.5 Å². The van der Waals surface area contributed by atoms with Gasteiger partial charge in [0.1, 0.15) is 29.5 Å². The normalized spacial score (nSPS) is 34.3. The van der Waals surface area contributed by atoms with Crippen molar-refractivity contribution in [3.05, 3.63) is 35.4 Å². The molecule has 3 saturated heterocycles. The summed E-state index contributed by atoms with van der Waals surface area (Å²) in [5, 5.41) is 2.73. The van der Waals surface area contributed by atoms with Crippen LogP contribution in [-0.2, 0) is 23.7 Å². The van der Waals surface area contributed by atoms with Crippen molar-refractivity contribution in [3.63, 3.8) is 0 Å². The van der Waals surface area contributed by atoms with Crippen LogP contribution in [0.1, 0.15) is 55.3 Å². The number of ether oxygens (including phenoxy) is 5. The average molecular weight is 460 g/mol. The number of nitrogens with zero attached hydrogens (tertiary/aromatic N) is 1. The molecule has 1 N–H and O–H groups in total. The molecule has 5 atom stereocenters. The lowest BCUT2D eigenvalue weighted by Crippen LogP contribution is -2.67. The second-order valence-corrected chi connectivity index (χ2v) is 10.3. The molecule has 0 radical (unpaired) electrons. The number of hydrogen-bond donors (Lipinski definition) is 1. The molecule has 33 heavy (non-hydrogen) atoms. The molecule has 1 aromatic rings. The average Bonchev–Trinajstić information content (AvgIpc) is 3.34. The van der Waals surface area contributed by atoms with Crippen molar-refractivity contribution in [2.24, 2.45) is 0 Å². The van der Waals surface area contributed by atoms with Gasteiger partial charge in [0.15, 0.2) is 12.1 Å². The lowest BCUT2D eigenvalue weighted by atomic mass is 9.87. The number of carbonyl (C=O) groups excluding carboxylic acids is 3. The van der Waals surface area contributed by atoms with E-state index in [1.54, 1.807) is 58.9 Å². The molecule has 10 heteroatoms. The van der Waals surface area contributed by atoms with Gasteiger partial charge in [-0.1, -0.05) is 12.1 Å². The third-order valence-electron chi connectivity index (χ3n) is 6.16. The van der Waals surface area contributed by atoms with Gasteiger partial charge in [-0.25, -0.2) is 4.79 Å². The molecule has 0 spiro atoms. The second-order valence-electron chi connectivity index (χ2n) is 10.3. The smallest absolute Gasteiger partial charge is 0.407 e. The number of fused-ring (bicyclic) bond motifs is 5. The summed E-state index contributed by atoms with van der Waals surface area (Å²) in [6.07, 6.45) is -2.92. The number of nitrogens with one attached hydrogen (secondary N) is 1. The summed E-state index contributed by atoms with van der Waals surface area (Å²) in [5.41, 5.74) is -1.05. The molecule has 10 nitrogen and oxygen atoms in total. The molecular formula is C23H28N2O8. The van der Waals surface area contributed by atoms with E-state index in [1.807, 2.05) is 0 Å². The lowest BCUT2D eigenvalue weighted by Gasteiger charge is -2.44. The first-order valence-electron chi connectivity index (χ1n) is 11.0. The van der Waals surface area contributed by atoms with Crippen molar-refractivity contribution in [2.45, 2.75) is 76.1 Å². The highest BCUT2D eigenvalue weighted by molar-refractivity contribution is 6.21. The molecule has 5 rings (SSSR count). The minimum atomic E-state index is -1.06. The van der Waals surface area contributed by atoms with Crippen LogP contribution < -0.4 is 5.32 Å². The fraction of sp³-hybridized carbons (Fsp3) is 0.609. The second kappa shape index (κ2) is 7.23. The molecule has 2 bridgehead atoms. The fourth-order valence-corrected chi connectivity index (χ4v) is 4.92. The number of alkyl carbamates (subject to hydrolysis) is 1. The molecule has 178 valence electrons. The van der Waals surface area contributed by atoms with Gasteiger partial charge in [0.2, 0.25) is 0 Å². The summed E-state index contributed by atoms with van der Waals surface area (Å²) in [6, 6.07) is 5.83. The Morgan fingerprint density at radius 2 is 1.76 bits per heavy atom. The minimum absolute atomic E-state index is 0.0495. The van der Waals surface area contributed by atoms with Crippen LogP contribution in [0, 0.1) is 0 Å². The minimum Gasteiger partial charge on any atom is -0.444 e. The van der Waals surface area contributed by atoms with Gasteiger partial charge in [-0.15, -0.1) is 0 Å². The standard InChI is InChI=1S/C23H28N2O8/c1-21(2,3)33-20(28)24-10-23-11-29-19(32-23)14(15-16(23)31-22(4,5)30-15)25-17(26)12-8-6-7-9-13(12)18(25)27/h6-9,14-16,19H,10-11H2,1-5H3,(H,24,28)/t14?,15-,16-,19?,23+/m1/s1. The molecule has 1 aromatic carbocycles. The van der Waals surface area contributed by atoms with Crippen LogP contribution in [0.4, 0.5) is 4.79 Å². The highest BCUT2D eigenvalue weighted by Crippen LogP contribution is 2.48. The maximum Gasteiger partial charge on any atom is 0.407 e. The molecule has 0 aromatic heterocycles. The van der Waals surface area contributed by atoms with Crippen molar-refractivity contribution in [3.8, 4) is 0 Å². The first-order chi connectivity index (χ1) is 15.4. The van der Waals surface area contributed by atoms with Crippen LogP contribution in [0.3, 0.4) is 0 Å². The van der Waals surface area contributed by atoms with E-state index in [4.69, 9.17) is 23.7 Å². The summed E-state index contributed by atoms with van der Waals surface area (Å²) in [4.78, 5) is 39.8. The number of rotatable bonds is 3. The van der Waals surface area contributed by atoms with Crippen molar-refractivity contribution < 1.29 is 38.1 Å². The topological polar surface area (TPSA) is 113 Å². The first-order valence-corrected chi connectivity index (χ1v) is 11.0. The Morgan fingerprint density at radius 3 is 2.36 bits per heavy atom. The first kappa shape index (κ1) is 22.3. The lowest BCUT2D eigenvalue weighted by molar-refractivity contribution is -0.204.